The van der Waals surface area contributed by atoms with Gasteiger partial charge < -0.3 is 4.74 Å². The first-order valence-corrected chi connectivity index (χ1v) is 6.82. The summed E-state index contributed by atoms with van der Waals surface area (Å²) in [5, 5.41) is 0.803. The van der Waals surface area contributed by atoms with Crippen molar-refractivity contribution in [3.8, 4) is 11.5 Å². The molecule has 94 valence electrons. The molecule has 0 atom stereocenters. The second-order valence-corrected chi connectivity index (χ2v) is 4.77. The van der Waals surface area contributed by atoms with Crippen LogP contribution in [0.4, 0.5) is 4.39 Å². The molecule has 0 N–H and O–H groups in total. The van der Waals surface area contributed by atoms with Crippen LogP contribution in [0.15, 0.2) is 36.4 Å². The van der Waals surface area contributed by atoms with E-state index in [0.29, 0.717) is 11.3 Å². The van der Waals surface area contributed by atoms with Crippen LogP contribution in [-0.2, 0) is 5.33 Å². The summed E-state index contributed by atoms with van der Waals surface area (Å²) in [6, 6.07) is 10.9. The first-order chi connectivity index (χ1) is 8.61. The highest BCUT2D eigenvalue weighted by molar-refractivity contribution is 9.08. The zero-order valence-corrected chi connectivity index (χ0v) is 11.9. The molecular formula is C15H14BrFO. The summed E-state index contributed by atoms with van der Waals surface area (Å²) in [6.07, 6.45) is 0. The molecule has 0 amide bonds. The molecule has 0 heterocycles. The maximum atomic E-state index is 13.8. The lowest BCUT2D eigenvalue weighted by Gasteiger charge is -2.10. The molecule has 0 aliphatic carbocycles. The van der Waals surface area contributed by atoms with E-state index in [-0.39, 0.29) is 11.6 Å². The summed E-state index contributed by atoms with van der Waals surface area (Å²) < 4.78 is 19.4. The Balaban J connectivity index is 2.29. The maximum absolute atomic E-state index is 13.8. The topological polar surface area (TPSA) is 9.23 Å². The van der Waals surface area contributed by atoms with Crippen LogP contribution in [0.25, 0.3) is 0 Å². The lowest BCUT2D eigenvalue weighted by molar-refractivity contribution is 0.439. The van der Waals surface area contributed by atoms with Crippen molar-refractivity contribution >= 4 is 15.9 Å². The van der Waals surface area contributed by atoms with Gasteiger partial charge >= 0.3 is 0 Å². The molecule has 0 aliphatic heterocycles. The summed E-state index contributed by atoms with van der Waals surface area (Å²) in [4.78, 5) is 0. The third-order valence-corrected chi connectivity index (χ3v) is 3.45. The van der Waals surface area contributed by atoms with E-state index in [1.54, 1.807) is 25.1 Å². The van der Waals surface area contributed by atoms with Crippen molar-refractivity contribution in [1.82, 2.24) is 0 Å². The average molecular weight is 309 g/mol. The van der Waals surface area contributed by atoms with E-state index in [0.717, 1.165) is 10.9 Å². The van der Waals surface area contributed by atoms with Gasteiger partial charge in [0.05, 0.1) is 0 Å². The highest BCUT2D eigenvalue weighted by atomic mass is 79.9. The molecule has 2 aromatic rings. The minimum atomic E-state index is -0.306. The normalized spacial score (nSPS) is 10.4. The van der Waals surface area contributed by atoms with E-state index in [2.05, 4.69) is 15.9 Å². The van der Waals surface area contributed by atoms with Crippen molar-refractivity contribution in [3.63, 3.8) is 0 Å². The molecule has 18 heavy (non-hydrogen) atoms. The van der Waals surface area contributed by atoms with Crippen LogP contribution in [0.1, 0.15) is 16.7 Å². The maximum Gasteiger partial charge on any atom is 0.168 e. The van der Waals surface area contributed by atoms with Crippen molar-refractivity contribution in [2.75, 3.05) is 0 Å². The fraction of sp³-hybridized carbons (Fsp3) is 0.200. The summed E-state index contributed by atoms with van der Waals surface area (Å²) in [5.74, 6) is 0.613. The van der Waals surface area contributed by atoms with Gasteiger partial charge in [0.1, 0.15) is 5.75 Å². The van der Waals surface area contributed by atoms with Gasteiger partial charge in [-0.15, -0.1) is 0 Å². The Hall–Kier alpha value is -1.35. The number of aryl methyl sites for hydroxylation is 2. The predicted octanol–water partition coefficient (Wildman–Crippen LogP) is 5.13. The first-order valence-electron chi connectivity index (χ1n) is 5.70. The minimum Gasteiger partial charge on any atom is -0.454 e. The smallest absolute Gasteiger partial charge is 0.168 e. The van der Waals surface area contributed by atoms with E-state index in [4.69, 9.17) is 4.74 Å². The number of alkyl halides is 1. The number of benzene rings is 2. The van der Waals surface area contributed by atoms with Crippen LogP contribution >= 0.6 is 15.9 Å². The van der Waals surface area contributed by atoms with Crippen molar-refractivity contribution in [3.05, 3.63) is 58.9 Å². The molecule has 0 radical (unpaired) electrons. The Labute approximate surface area is 115 Å². The lowest BCUT2D eigenvalue weighted by Crippen LogP contribution is -1.92. The number of halogens is 2. The minimum absolute atomic E-state index is 0.265. The van der Waals surface area contributed by atoms with Crippen LogP contribution in [-0.4, -0.2) is 0 Å². The van der Waals surface area contributed by atoms with Gasteiger partial charge in [-0.25, -0.2) is 4.39 Å². The van der Waals surface area contributed by atoms with Crippen molar-refractivity contribution in [2.45, 2.75) is 19.2 Å². The molecule has 0 aromatic heterocycles. The molecule has 2 aromatic carbocycles. The standard InChI is InChI=1S/C15H14BrFO/c1-10-4-3-5-14(15(10)17)18-13-7-6-12(9-16)11(2)8-13/h3-8H,9H2,1-2H3. The molecule has 0 fully saturated rings. The first kappa shape index (κ1) is 13.1. The zero-order chi connectivity index (χ0) is 13.1. The monoisotopic (exact) mass is 308 g/mol. The molecule has 0 bridgehead atoms. The van der Waals surface area contributed by atoms with E-state index >= 15 is 0 Å². The van der Waals surface area contributed by atoms with Gasteiger partial charge in [0, 0.05) is 5.33 Å². The van der Waals surface area contributed by atoms with Gasteiger partial charge in [-0.2, -0.15) is 0 Å². The van der Waals surface area contributed by atoms with Gasteiger partial charge in [-0.1, -0.05) is 34.1 Å². The predicted molar refractivity (Wildman–Crippen MR) is 75.0 cm³/mol. The van der Waals surface area contributed by atoms with Crippen molar-refractivity contribution in [1.29, 1.82) is 0 Å². The fourth-order valence-electron chi connectivity index (χ4n) is 1.71. The molecule has 0 spiro atoms. The highest BCUT2D eigenvalue weighted by Crippen LogP contribution is 2.27. The van der Waals surface area contributed by atoms with Gasteiger partial charge in [0.15, 0.2) is 11.6 Å². The Bertz CT molecular complexity index is 566. The second kappa shape index (κ2) is 5.53. The van der Waals surface area contributed by atoms with Crippen LogP contribution in [0.2, 0.25) is 0 Å². The summed E-state index contributed by atoms with van der Waals surface area (Å²) in [7, 11) is 0. The van der Waals surface area contributed by atoms with Crippen LogP contribution < -0.4 is 4.74 Å². The molecule has 0 saturated heterocycles. The Kier molecular flexibility index (Phi) is 4.02. The third kappa shape index (κ3) is 2.72. The molecule has 3 heteroatoms. The summed E-state index contributed by atoms with van der Waals surface area (Å²) >= 11 is 3.42. The molecule has 1 nitrogen and oxygen atoms in total. The van der Waals surface area contributed by atoms with Gasteiger partial charge in [0.2, 0.25) is 0 Å². The SMILES string of the molecule is Cc1cc(Oc2cccc(C)c2F)ccc1CBr. The Morgan fingerprint density at radius 1 is 1.11 bits per heavy atom. The van der Waals surface area contributed by atoms with E-state index in [9.17, 15) is 4.39 Å². The van der Waals surface area contributed by atoms with Gasteiger partial charge in [-0.3, -0.25) is 0 Å². The van der Waals surface area contributed by atoms with Gasteiger partial charge in [0.25, 0.3) is 0 Å². The number of hydrogen-bond acceptors (Lipinski definition) is 1. The molecule has 0 unspecified atom stereocenters. The van der Waals surface area contributed by atoms with E-state index in [1.165, 1.54) is 5.56 Å². The van der Waals surface area contributed by atoms with Gasteiger partial charge in [-0.05, 0) is 48.7 Å². The molecule has 0 aliphatic rings. The lowest BCUT2D eigenvalue weighted by atomic mass is 10.1. The quantitative estimate of drug-likeness (QED) is 0.714. The highest BCUT2D eigenvalue weighted by Gasteiger charge is 2.07. The van der Waals surface area contributed by atoms with Crippen molar-refractivity contribution < 1.29 is 9.13 Å². The molecule has 2 rings (SSSR count). The van der Waals surface area contributed by atoms with E-state index in [1.807, 2.05) is 25.1 Å². The van der Waals surface area contributed by atoms with Crippen LogP contribution in [0, 0.1) is 19.7 Å². The van der Waals surface area contributed by atoms with Crippen molar-refractivity contribution in [2.24, 2.45) is 0 Å². The van der Waals surface area contributed by atoms with Crippen LogP contribution in [0.5, 0.6) is 11.5 Å². The van der Waals surface area contributed by atoms with Crippen LogP contribution in [0.3, 0.4) is 0 Å². The second-order valence-electron chi connectivity index (χ2n) is 4.21. The Morgan fingerprint density at radius 3 is 2.56 bits per heavy atom. The summed E-state index contributed by atoms with van der Waals surface area (Å²) in [6.45, 7) is 3.73. The zero-order valence-electron chi connectivity index (χ0n) is 10.3. The number of hydrogen-bond donors (Lipinski definition) is 0. The number of rotatable bonds is 3. The fourth-order valence-corrected chi connectivity index (χ4v) is 2.34. The number of ether oxygens (including phenoxy) is 1. The molecule has 0 saturated carbocycles. The third-order valence-electron chi connectivity index (χ3n) is 2.84. The average Bonchev–Trinajstić information content (AvgIpc) is 2.35. The largest absolute Gasteiger partial charge is 0.454 e. The van der Waals surface area contributed by atoms with E-state index < -0.39 is 0 Å². The molecular weight excluding hydrogens is 295 g/mol. The summed E-state index contributed by atoms with van der Waals surface area (Å²) in [5.41, 5.74) is 2.91. The Morgan fingerprint density at radius 2 is 1.89 bits per heavy atom.